The van der Waals surface area contributed by atoms with E-state index in [1.165, 1.54) is 0 Å². The number of urea groups is 1. The van der Waals surface area contributed by atoms with Crippen molar-refractivity contribution in [1.29, 1.82) is 0 Å². The van der Waals surface area contributed by atoms with Crippen molar-refractivity contribution in [3.63, 3.8) is 0 Å². The third-order valence-electron chi connectivity index (χ3n) is 6.76. The molecule has 7 N–H and O–H groups in total. The van der Waals surface area contributed by atoms with Crippen LogP contribution in [0, 0.1) is 5.92 Å². The lowest BCUT2D eigenvalue weighted by Gasteiger charge is -2.27. The lowest BCUT2D eigenvalue weighted by Crippen LogP contribution is -2.51. The average molecular weight is 496 g/mol. The smallest absolute Gasteiger partial charge is 0.359 e. The first kappa shape index (κ1) is 28.5. The van der Waals surface area contributed by atoms with Gasteiger partial charge in [0.2, 0.25) is 5.91 Å². The number of amides is 3. The maximum Gasteiger partial charge on any atom is 0.359 e. The van der Waals surface area contributed by atoms with E-state index in [4.69, 9.17) is 16.2 Å². The van der Waals surface area contributed by atoms with E-state index in [1.54, 1.807) is 7.11 Å². The van der Waals surface area contributed by atoms with Crippen molar-refractivity contribution in [2.75, 3.05) is 13.7 Å². The maximum absolute atomic E-state index is 13.0. The Bertz CT molecular complexity index is 743. The maximum atomic E-state index is 13.0. The molecule has 198 valence electrons. The Morgan fingerprint density at radius 3 is 2.29 bits per heavy atom. The molecule has 0 saturated heterocycles. The van der Waals surface area contributed by atoms with E-state index in [0.717, 1.165) is 57.8 Å². The highest BCUT2D eigenvalue weighted by atomic mass is 16.5. The molecule has 0 heterocycles. The minimum absolute atomic E-state index is 0.0422. The number of carboxylic acids is 1. The number of aliphatic imine (C=N–C) groups is 1. The van der Waals surface area contributed by atoms with Crippen LogP contribution >= 0.6 is 0 Å². The molecule has 2 saturated carbocycles. The highest BCUT2D eigenvalue weighted by molar-refractivity contribution is 5.90. The predicted octanol–water partition coefficient (Wildman–Crippen LogP) is 2.07. The first-order valence-corrected chi connectivity index (χ1v) is 12.6. The predicted molar refractivity (Wildman–Crippen MR) is 131 cm³/mol. The molecule has 0 aromatic carbocycles. The third-order valence-corrected chi connectivity index (χ3v) is 6.76. The number of ether oxygens (including phenoxy) is 1. The van der Waals surface area contributed by atoms with Crippen LogP contribution in [0.2, 0.25) is 0 Å². The summed E-state index contributed by atoms with van der Waals surface area (Å²) in [7, 11) is 1.69. The molecule has 0 aromatic rings. The lowest BCUT2D eigenvalue weighted by molar-refractivity contribution is -0.142. The number of carbonyl (C=O) groups is 3. The van der Waals surface area contributed by atoms with Crippen molar-refractivity contribution < 1.29 is 24.2 Å². The fraction of sp³-hybridized carbons (Fsp3) is 0.826. The van der Waals surface area contributed by atoms with Gasteiger partial charge in [-0.1, -0.05) is 37.2 Å². The van der Waals surface area contributed by atoms with Crippen LogP contribution in [0.3, 0.4) is 0 Å². The molecule has 0 radical (unpaired) electrons. The zero-order valence-electron chi connectivity index (χ0n) is 20.7. The number of nitrogens with zero attached hydrogens (tertiary/aromatic N) is 3. The number of hydrogen-bond acceptors (Lipinski definition) is 6. The van der Waals surface area contributed by atoms with E-state index in [2.05, 4.69) is 25.9 Å². The molecule has 2 unspecified atom stereocenters. The van der Waals surface area contributed by atoms with E-state index >= 15 is 0 Å². The van der Waals surface area contributed by atoms with Crippen LogP contribution < -0.4 is 22.1 Å². The lowest BCUT2D eigenvalue weighted by atomic mass is 9.84. The normalized spacial score (nSPS) is 22.8. The molecule has 2 aliphatic rings. The number of nitrogens with one attached hydrogen (secondary N) is 2. The van der Waals surface area contributed by atoms with Crippen molar-refractivity contribution >= 4 is 23.9 Å². The monoisotopic (exact) mass is 495 g/mol. The third kappa shape index (κ3) is 11.0. The van der Waals surface area contributed by atoms with E-state index in [1.807, 2.05) is 0 Å². The van der Waals surface area contributed by atoms with Gasteiger partial charge in [-0.15, -0.1) is 0 Å². The molecular formula is C23H41N7O5. The summed E-state index contributed by atoms with van der Waals surface area (Å²) in [5.74, 6) is -1.48. The molecule has 2 atom stereocenters. The fourth-order valence-electron chi connectivity index (χ4n) is 4.73. The second-order valence-electron chi connectivity index (χ2n) is 9.47. The summed E-state index contributed by atoms with van der Waals surface area (Å²) in [5.41, 5.74) is 10.6. The van der Waals surface area contributed by atoms with Crippen molar-refractivity contribution in [3.05, 3.63) is 0 Å². The number of hydrogen-bond donors (Lipinski definition) is 5. The Morgan fingerprint density at radius 2 is 1.69 bits per heavy atom. The largest absolute Gasteiger partial charge is 0.480 e. The Balaban J connectivity index is 1.97. The van der Waals surface area contributed by atoms with Crippen LogP contribution in [0.25, 0.3) is 0 Å². The van der Waals surface area contributed by atoms with Gasteiger partial charge in [-0.05, 0) is 50.9 Å². The number of guanidine groups is 1. The van der Waals surface area contributed by atoms with Crippen LogP contribution in [0.15, 0.2) is 15.2 Å². The topological polar surface area (TPSA) is 194 Å². The zero-order valence-corrected chi connectivity index (χ0v) is 20.7. The minimum Gasteiger partial charge on any atom is -0.480 e. The molecule has 0 aliphatic heterocycles. The fourth-order valence-corrected chi connectivity index (χ4v) is 4.73. The van der Waals surface area contributed by atoms with Gasteiger partial charge in [-0.2, -0.15) is 5.11 Å². The van der Waals surface area contributed by atoms with Gasteiger partial charge < -0.3 is 31.9 Å². The van der Waals surface area contributed by atoms with Crippen LogP contribution in [0.4, 0.5) is 4.79 Å². The molecule has 0 bridgehead atoms. The number of rotatable bonds is 12. The number of nitrogens with two attached hydrogens (primary N) is 2. The Morgan fingerprint density at radius 1 is 1.00 bits per heavy atom. The summed E-state index contributed by atoms with van der Waals surface area (Å²) >= 11 is 0. The van der Waals surface area contributed by atoms with Crippen molar-refractivity contribution in [1.82, 2.24) is 10.6 Å². The van der Waals surface area contributed by atoms with Gasteiger partial charge in [0.1, 0.15) is 12.1 Å². The highest BCUT2D eigenvalue weighted by Crippen LogP contribution is 2.27. The van der Waals surface area contributed by atoms with Gasteiger partial charge >= 0.3 is 12.0 Å². The molecule has 0 spiro atoms. The second-order valence-corrected chi connectivity index (χ2v) is 9.47. The summed E-state index contributed by atoms with van der Waals surface area (Å²) < 4.78 is 5.35. The van der Waals surface area contributed by atoms with Crippen LogP contribution in [-0.2, 0) is 14.3 Å². The number of methoxy groups -OCH3 is 1. The summed E-state index contributed by atoms with van der Waals surface area (Å²) in [6.45, 7) is 0.261. The van der Waals surface area contributed by atoms with Crippen molar-refractivity contribution in [2.45, 2.75) is 101 Å². The van der Waals surface area contributed by atoms with Crippen molar-refractivity contribution in [3.8, 4) is 0 Å². The van der Waals surface area contributed by atoms with Gasteiger partial charge in [0.15, 0.2) is 5.96 Å². The van der Waals surface area contributed by atoms with Crippen LogP contribution in [-0.4, -0.2) is 66.9 Å². The molecule has 0 aromatic heterocycles. The summed E-state index contributed by atoms with van der Waals surface area (Å²) in [4.78, 5) is 41.1. The number of azo groups is 1. The quantitative estimate of drug-likeness (QED) is 0.118. The molecule has 3 amide bonds. The number of carboxylic acid groups (broad SMARTS) is 1. The molecule has 2 rings (SSSR count). The van der Waals surface area contributed by atoms with Crippen LogP contribution in [0.5, 0.6) is 0 Å². The molecule has 35 heavy (non-hydrogen) atoms. The molecule has 2 aliphatic carbocycles. The zero-order chi connectivity index (χ0) is 25.6. The Hall–Kier alpha value is -2.76. The summed E-state index contributed by atoms with van der Waals surface area (Å²) in [5, 5.41) is 22.8. The second kappa shape index (κ2) is 15.3. The molecule has 2 fully saturated rings. The highest BCUT2D eigenvalue weighted by Gasteiger charge is 2.29. The van der Waals surface area contributed by atoms with Crippen molar-refractivity contribution in [2.24, 2.45) is 32.6 Å². The van der Waals surface area contributed by atoms with E-state index < -0.39 is 30.0 Å². The molecular weight excluding hydrogens is 454 g/mol. The van der Waals surface area contributed by atoms with E-state index in [9.17, 15) is 19.5 Å². The van der Waals surface area contributed by atoms with Gasteiger partial charge in [0.05, 0.1) is 12.1 Å². The first-order chi connectivity index (χ1) is 16.8. The van der Waals surface area contributed by atoms with Crippen LogP contribution in [0.1, 0.15) is 77.0 Å². The SMILES string of the molecule is COC1CCC(N=NC(=O)NC(CC2CCCCC2)C(=O)NC(CCCN=C(N)N)C(=O)O)CC1. The Kier molecular flexibility index (Phi) is 12.4. The standard InChI is InChI=1S/C23H41N7O5/c1-35-17-11-9-16(10-12-17)29-30-23(34)28-19(14-15-6-3-2-4-7-15)20(31)27-18(21(32)33)8-5-13-26-22(24)25/h15-19H,2-14H2,1H3,(H,27,31)(H,28,34)(H,32,33)(H4,24,25,26). The number of carbonyl (C=O) groups excluding carboxylic acids is 2. The van der Waals surface area contributed by atoms with Gasteiger partial charge in [-0.3, -0.25) is 9.79 Å². The van der Waals surface area contributed by atoms with E-state index in [-0.39, 0.29) is 37.0 Å². The van der Waals surface area contributed by atoms with Gasteiger partial charge in [0, 0.05) is 13.7 Å². The average Bonchev–Trinajstić information content (AvgIpc) is 2.84. The minimum atomic E-state index is -1.16. The summed E-state index contributed by atoms with van der Waals surface area (Å²) in [6, 6.07) is -2.72. The van der Waals surface area contributed by atoms with Gasteiger partial charge in [-0.25, -0.2) is 9.59 Å². The Labute approximate surface area is 206 Å². The molecule has 12 heteroatoms. The van der Waals surface area contributed by atoms with E-state index in [0.29, 0.717) is 12.8 Å². The first-order valence-electron chi connectivity index (χ1n) is 12.6. The van der Waals surface area contributed by atoms with Gasteiger partial charge in [0.25, 0.3) is 0 Å². The summed E-state index contributed by atoms with van der Waals surface area (Å²) in [6.07, 6.45) is 9.81. The molecule has 12 nitrogen and oxygen atoms in total. The number of aliphatic carboxylic acids is 1.